The Morgan fingerprint density at radius 2 is 1.81 bits per heavy atom. The summed E-state index contributed by atoms with van der Waals surface area (Å²) >= 11 is 0. The third kappa shape index (κ3) is 4.69. The smallest absolute Gasteiger partial charge is 0.329 e. The van der Waals surface area contributed by atoms with Crippen LogP contribution in [-0.4, -0.2) is 27.2 Å². The van der Waals surface area contributed by atoms with Crippen molar-refractivity contribution in [3.05, 3.63) is 29.8 Å². The van der Waals surface area contributed by atoms with Crippen LogP contribution in [0.3, 0.4) is 0 Å². The van der Waals surface area contributed by atoms with E-state index >= 15 is 0 Å². The summed E-state index contributed by atoms with van der Waals surface area (Å²) in [5.41, 5.74) is 5.57. The quantitative estimate of drug-likeness (QED) is 0.839. The maximum absolute atomic E-state index is 12.2. The molecular weight excluding hydrogens is 305 g/mol. The van der Waals surface area contributed by atoms with Gasteiger partial charge in [-0.1, -0.05) is 12.1 Å². The van der Waals surface area contributed by atoms with E-state index in [9.17, 15) is 21.6 Å². The highest BCUT2D eigenvalue weighted by Crippen LogP contribution is 2.33. The summed E-state index contributed by atoms with van der Waals surface area (Å²) < 4.78 is 63.5. The van der Waals surface area contributed by atoms with E-state index < -0.39 is 22.6 Å². The third-order valence-corrected chi connectivity index (χ3v) is 4.90. The van der Waals surface area contributed by atoms with Crippen LogP contribution in [0.4, 0.5) is 13.2 Å². The van der Waals surface area contributed by atoms with Gasteiger partial charge in [-0.15, -0.1) is 0 Å². The molecule has 1 saturated carbocycles. The van der Waals surface area contributed by atoms with Gasteiger partial charge in [-0.3, -0.25) is 0 Å². The van der Waals surface area contributed by atoms with Gasteiger partial charge in [0.1, 0.15) is 0 Å². The Morgan fingerprint density at radius 1 is 1.24 bits per heavy atom. The first-order valence-electron chi connectivity index (χ1n) is 6.59. The average molecular weight is 322 g/mol. The molecule has 2 rings (SSSR count). The van der Waals surface area contributed by atoms with Crippen LogP contribution >= 0.6 is 0 Å². The van der Waals surface area contributed by atoms with Crippen LogP contribution in [0, 0.1) is 5.92 Å². The van der Waals surface area contributed by atoms with Crippen LogP contribution in [0.25, 0.3) is 0 Å². The van der Waals surface area contributed by atoms with E-state index in [1.165, 1.54) is 24.3 Å². The molecule has 8 heteroatoms. The van der Waals surface area contributed by atoms with Crippen LogP contribution in [0.15, 0.2) is 29.2 Å². The Bertz CT molecular complexity index is 580. The lowest BCUT2D eigenvalue weighted by Crippen LogP contribution is -2.41. The lowest BCUT2D eigenvalue weighted by atomic mass is 10.1. The molecule has 1 aromatic carbocycles. The minimum absolute atomic E-state index is 0.0269. The number of benzene rings is 1. The standard InChI is InChI=1S/C13H17F3N2O2S/c14-13(15,16)7-9-1-5-11(6-2-9)21(19,20)18-12(8-17)10-3-4-10/h1-2,5-6,10,12,18H,3-4,7-8,17H2. The number of hydrogen-bond donors (Lipinski definition) is 2. The van der Waals surface area contributed by atoms with Gasteiger partial charge in [-0.2, -0.15) is 13.2 Å². The van der Waals surface area contributed by atoms with Crippen molar-refractivity contribution in [2.75, 3.05) is 6.54 Å². The molecule has 0 aromatic heterocycles. The molecule has 21 heavy (non-hydrogen) atoms. The van der Waals surface area contributed by atoms with Crippen molar-refractivity contribution < 1.29 is 21.6 Å². The molecule has 4 nitrogen and oxygen atoms in total. The minimum atomic E-state index is -4.31. The van der Waals surface area contributed by atoms with Crippen molar-refractivity contribution >= 4 is 10.0 Å². The van der Waals surface area contributed by atoms with Gasteiger partial charge in [0.05, 0.1) is 11.3 Å². The summed E-state index contributed by atoms with van der Waals surface area (Å²) in [6.07, 6.45) is -3.51. The van der Waals surface area contributed by atoms with Gasteiger partial charge < -0.3 is 5.73 Å². The van der Waals surface area contributed by atoms with Gasteiger partial charge in [-0.05, 0) is 36.5 Å². The lowest BCUT2D eigenvalue weighted by Gasteiger charge is -2.16. The lowest BCUT2D eigenvalue weighted by molar-refractivity contribution is -0.127. The topological polar surface area (TPSA) is 72.2 Å². The summed E-state index contributed by atoms with van der Waals surface area (Å²) in [7, 11) is -3.75. The fourth-order valence-corrected chi connectivity index (χ4v) is 3.44. The second-order valence-corrected chi connectivity index (χ2v) is 6.95. The molecule has 0 radical (unpaired) electrons. The van der Waals surface area contributed by atoms with Crippen molar-refractivity contribution in [3.8, 4) is 0 Å². The maximum atomic E-state index is 12.2. The van der Waals surface area contributed by atoms with E-state index in [4.69, 9.17) is 5.73 Å². The summed E-state index contributed by atoms with van der Waals surface area (Å²) in [5, 5.41) is 0. The zero-order valence-electron chi connectivity index (χ0n) is 11.2. The van der Waals surface area contributed by atoms with Gasteiger partial charge in [0.15, 0.2) is 0 Å². The Balaban J connectivity index is 2.09. The normalized spacial score (nSPS) is 17.7. The number of hydrogen-bond acceptors (Lipinski definition) is 3. The molecule has 0 bridgehead atoms. The fraction of sp³-hybridized carbons (Fsp3) is 0.538. The van der Waals surface area contributed by atoms with E-state index in [1.807, 2.05) is 0 Å². The predicted octanol–water partition coefficient (Wildman–Crippen LogP) is 1.81. The van der Waals surface area contributed by atoms with Gasteiger partial charge in [-0.25, -0.2) is 13.1 Å². The van der Waals surface area contributed by atoms with Crippen molar-refractivity contribution in [2.45, 2.75) is 36.4 Å². The number of rotatable bonds is 6. The highest BCUT2D eigenvalue weighted by atomic mass is 32.2. The summed E-state index contributed by atoms with van der Waals surface area (Å²) in [6.45, 7) is 0.204. The van der Waals surface area contributed by atoms with Gasteiger partial charge >= 0.3 is 6.18 Å². The molecule has 0 saturated heterocycles. The molecule has 0 spiro atoms. The Morgan fingerprint density at radius 3 is 2.24 bits per heavy atom. The molecule has 0 amide bonds. The van der Waals surface area contributed by atoms with E-state index in [0.29, 0.717) is 0 Å². The highest BCUT2D eigenvalue weighted by Gasteiger charge is 2.33. The van der Waals surface area contributed by atoms with Crippen LogP contribution in [0.1, 0.15) is 18.4 Å². The van der Waals surface area contributed by atoms with Crippen LogP contribution in [0.5, 0.6) is 0 Å². The van der Waals surface area contributed by atoms with Crippen LogP contribution in [0.2, 0.25) is 0 Å². The monoisotopic (exact) mass is 322 g/mol. The van der Waals surface area contributed by atoms with E-state index in [2.05, 4.69) is 4.72 Å². The third-order valence-electron chi connectivity index (χ3n) is 3.39. The molecule has 1 aliphatic rings. The first-order chi connectivity index (χ1) is 9.71. The van der Waals surface area contributed by atoms with Gasteiger partial charge in [0.25, 0.3) is 0 Å². The molecule has 118 valence electrons. The van der Waals surface area contributed by atoms with Crippen LogP contribution in [-0.2, 0) is 16.4 Å². The van der Waals surface area contributed by atoms with Crippen LogP contribution < -0.4 is 10.5 Å². The van der Waals surface area contributed by atoms with E-state index in [0.717, 1.165) is 12.8 Å². The number of nitrogens with two attached hydrogens (primary N) is 1. The summed E-state index contributed by atoms with van der Waals surface area (Å²) in [5.74, 6) is 0.259. The largest absolute Gasteiger partial charge is 0.393 e. The van der Waals surface area contributed by atoms with Crippen molar-refractivity contribution in [1.29, 1.82) is 0 Å². The summed E-state index contributed by atoms with van der Waals surface area (Å²) in [6, 6.07) is 4.41. The van der Waals surface area contributed by atoms with Crippen molar-refractivity contribution in [2.24, 2.45) is 11.7 Å². The van der Waals surface area contributed by atoms with E-state index in [1.54, 1.807) is 0 Å². The second kappa shape index (κ2) is 5.94. The number of nitrogens with one attached hydrogen (secondary N) is 1. The first-order valence-corrected chi connectivity index (χ1v) is 8.08. The maximum Gasteiger partial charge on any atom is 0.393 e. The van der Waals surface area contributed by atoms with Crippen molar-refractivity contribution in [1.82, 2.24) is 4.72 Å². The molecule has 1 unspecified atom stereocenters. The second-order valence-electron chi connectivity index (χ2n) is 5.24. The molecule has 0 aliphatic heterocycles. The van der Waals surface area contributed by atoms with E-state index in [-0.39, 0.29) is 29.0 Å². The molecule has 1 atom stereocenters. The van der Waals surface area contributed by atoms with Crippen molar-refractivity contribution in [3.63, 3.8) is 0 Å². The highest BCUT2D eigenvalue weighted by molar-refractivity contribution is 7.89. The number of sulfonamides is 1. The number of halogens is 3. The van der Waals surface area contributed by atoms with Gasteiger partial charge in [0.2, 0.25) is 10.0 Å². The Labute approximate surface area is 121 Å². The molecule has 0 heterocycles. The molecule has 1 aliphatic carbocycles. The fourth-order valence-electron chi connectivity index (χ4n) is 2.12. The first kappa shape index (κ1) is 16.3. The van der Waals surface area contributed by atoms with Gasteiger partial charge in [0, 0.05) is 12.6 Å². The Kier molecular flexibility index (Phi) is 4.60. The average Bonchev–Trinajstić information content (AvgIpc) is 3.19. The molecule has 1 fully saturated rings. The SMILES string of the molecule is NCC(NS(=O)(=O)c1ccc(CC(F)(F)F)cc1)C1CC1. The zero-order valence-corrected chi connectivity index (χ0v) is 12.0. The number of alkyl halides is 3. The molecular formula is C13H17F3N2O2S. The zero-order chi connectivity index (χ0) is 15.7. The Hall–Kier alpha value is -1.12. The summed E-state index contributed by atoms with van der Waals surface area (Å²) in [4.78, 5) is -0.0486. The predicted molar refractivity (Wildman–Crippen MR) is 72.1 cm³/mol. The molecule has 3 N–H and O–H groups in total. The minimum Gasteiger partial charge on any atom is -0.329 e. The molecule has 1 aromatic rings.